The van der Waals surface area contributed by atoms with E-state index in [4.69, 9.17) is 25.8 Å². The Bertz CT molecular complexity index is 770. The maximum absolute atomic E-state index is 12.4. The van der Waals surface area contributed by atoms with Gasteiger partial charge >= 0.3 is 0 Å². The number of rotatable bonds is 9. The second kappa shape index (κ2) is 10.5. The van der Waals surface area contributed by atoms with Gasteiger partial charge < -0.3 is 19.5 Å². The van der Waals surface area contributed by atoms with Crippen LogP contribution in [0.25, 0.3) is 0 Å². The number of nitrogens with one attached hydrogen (secondary N) is 1. The van der Waals surface area contributed by atoms with Crippen LogP contribution in [0.4, 0.5) is 0 Å². The van der Waals surface area contributed by atoms with Gasteiger partial charge in [-0.15, -0.1) is 0 Å². The highest BCUT2D eigenvalue weighted by Crippen LogP contribution is 2.35. The zero-order valence-electron chi connectivity index (χ0n) is 16.8. The molecule has 1 aliphatic rings. The largest absolute Gasteiger partial charge is 0.494 e. The minimum absolute atomic E-state index is 0.0178. The van der Waals surface area contributed by atoms with Crippen LogP contribution in [0.3, 0.4) is 0 Å². The highest BCUT2D eigenvalue weighted by Gasteiger charge is 2.34. The maximum Gasteiger partial charge on any atom is 0.223 e. The number of carbonyl (C=O) groups is 1. The molecule has 6 heteroatoms. The monoisotopic (exact) mass is 417 g/mol. The third kappa shape index (κ3) is 6.12. The molecule has 0 radical (unpaired) electrons. The van der Waals surface area contributed by atoms with Crippen LogP contribution in [-0.4, -0.2) is 38.9 Å². The first-order valence-electron chi connectivity index (χ1n) is 10.1. The summed E-state index contributed by atoms with van der Waals surface area (Å²) in [6.07, 6.45) is 2.06. The summed E-state index contributed by atoms with van der Waals surface area (Å²) in [5.41, 5.74) is 1.09. The van der Waals surface area contributed by atoms with Crippen LogP contribution in [0.1, 0.15) is 31.7 Å². The third-order valence-corrected chi connectivity index (χ3v) is 5.52. The molecule has 0 atom stereocenters. The Morgan fingerprint density at radius 2 is 1.66 bits per heavy atom. The van der Waals surface area contributed by atoms with Gasteiger partial charge in [-0.2, -0.15) is 0 Å². The lowest BCUT2D eigenvalue weighted by molar-refractivity contribution is -0.122. The van der Waals surface area contributed by atoms with Gasteiger partial charge in [0.05, 0.1) is 19.6 Å². The molecule has 0 bridgehead atoms. The van der Waals surface area contributed by atoms with Crippen LogP contribution in [0.2, 0.25) is 5.02 Å². The third-order valence-electron chi connectivity index (χ3n) is 5.26. The van der Waals surface area contributed by atoms with Gasteiger partial charge in [0.1, 0.15) is 11.5 Å². The number of halogens is 1. The van der Waals surface area contributed by atoms with Gasteiger partial charge in [-0.3, -0.25) is 4.79 Å². The van der Waals surface area contributed by atoms with E-state index < -0.39 is 0 Å². The molecule has 2 aromatic rings. The first-order chi connectivity index (χ1) is 14.1. The molecule has 1 saturated heterocycles. The van der Waals surface area contributed by atoms with E-state index in [1.165, 1.54) is 5.56 Å². The topological polar surface area (TPSA) is 56.8 Å². The van der Waals surface area contributed by atoms with E-state index in [0.29, 0.717) is 50.2 Å². The van der Waals surface area contributed by atoms with Crippen molar-refractivity contribution in [2.24, 2.45) is 0 Å². The Morgan fingerprint density at radius 1 is 1.03 bits per heavy atom. The second-order valence-electron chi connectivity index (χ2n) is 7.18. The van der Waals surface area contributed by atoms with Crippen molar-refractivity contribution in [3.8, 4) is 11.5 Å². The van der Waals surface area contributed by atoms with Crippen LogP contribution in [0.5, 0.6) is 11.5 Å². The first kappa shape index (κ1) is 21.5. The van der Waals surface area contributed by atoms with Crippen molar-refractivity contribution in [3.63, 3.8) is 0 Å². The molecule has 0 saturated carbocycles. The minimum Gasteiger partial charge on any atom is -0.494 e. The Kier molecular flexibility index (Phi) is 7.78. The van der Waals surface area contributed by atoms with E-state index in [1.807, 2.05) is 19.1 Å². The summed E-state index contributed by atoms with van der Waals surface area (Å²) in [5.74, 6) is 1.55. The summed E-state index contributed by atoms with van der Waals surface area (Å²) < 4.78 is 16.7. The normalized spacial score (nSPS) is 15.5. The van der Waals surface area contributed by atoms with Gasteiger partial charge in [0.25, 0.3) is 0 Å². The van der Waals surface area contributed by atoms with Crippen molar-refractivity contribution < 1.29 is 19.0 Å². The molecule has 29 heavy (non-hydrogen) atoms. The van der Waals surface area contributed by atoms with Crippen LogP contribution in [-0.2, 0) is 14.9 Å². The molecule has 0 aliphatic carbocycles. The molecule has 2 aromatic carbocycles. The molecule has 1 fully saturated rings. The predicted octanol–water partition coefficient (Wildman–Crippen LogP) is 4.37. The predicted molar refractivity (Wildman–Crippen MR) is 114 cm³/mol. The fourth-order valence-electron chi connectivity index (χ4n) is 3.55. The molecule has 0 aromatic heterocycles. The number of carbonyl (C=O) groups excluding carboxylic acids is 1. The van der Waals surface area contributed by atoms with Gasteiger partial charge in [0.2, 0.25) is 5.91 Å². The Morgan fingerprint density at radius 3 is 2.31 bits per heavy atom. The average molecular weight is 418 g/mol. The van der Waals surface area contributed by atoms with Crippen molar-refractivity contribution in [1.82, 2.24) is 5.32 Å². The second-order valence-corrected chi connectivity index (χ2v) is 7.62. The van der Waals surface area contributed by atoms with Gasteiger partial charge in [-0.05, 0) is 61.7 Å². The molecule has 5 nitrogen and oxygen atoms in total. The molecule has 3 rings (SSSR count). The molecular weight excluding hydrogens is 390 g/mol. The summed E-state index contributed by atoms with van der Waals surface area (Å²) in [5, 5.41) is 3.76. The summed E-state index contributed by atoms with van der Waals surface area (Å²) in [6.45, 7) is 4.93. The lowest BCUT2D eigenvalue weighted by atomic mass is 9.74. The Balaban J connectivity index is 1.54. The number of amides is 1. The summed E-state index contributed by atoms with van der Waals surface area (Å²) >= 11 is 5.86. The Labute approximate surface area is 177 Å². The van der Waals surface area contributed by atoms with Crippen molar-refractivity contribution in [2.75, 3.05) is 33.0 Å². The van der Waals surface area contributed by atoms with Crippen molar-refractivity contribution in [3.05, 3.63) is 59.1 Å². The molecular formula is C23H28ClNO4. The van der Waals surface area contributed by atoms with E-state index in [0.717, 1.165) is 18.6 Å². The molecule has 1 aliphatic heterocycles. The number of hydrogen-bond acceptors (Lipinski definition) is 4. The van der Waals surface area contributed by atoms with E-state index >= 15 is 0 Å². The fourth-order valence-corrected chi connectivity index (χ4v) is 3.68. The SMILES string of the molecule is CCOc1ccc(C2(CNC(=O)CCOc3ccc(Cl)cc3)CCOCC2)cc1. The lowest BCUT2D eigenvalue weighted by Crippen LogP contribution is -2.44. The summed E-state index contributed by atoms with van der Waals surface area (Å²) in [4.78, 5) is 12.4. The van der Waals surface area contributed by atoms with Crippen LogP contribution < -0.4 is 14.8 Å². The molecule has 0 unspecified atom stereocenters. The molecule has 1 heterocycles. The standard InChI is InChI=1S/C23H28ClNO4/c1-2-28-20-7-3-18(4-8-20)23(12-15-27-16-13-23)17-25-22(26)11-14-29-21-9-5-19(24)6-10-21/h3-10H,2,11-17H2,1H3,(H,25,26). The van der Waals surface area contributed by atoms with Crippen molar-refractivity contribution >= 4 is 17.5 Å². The van der Waals surface area contributed by atoms with Crippen molar-refractivity contribution in [2.45, 2.75) is 31.6 Å². The van der Waals surface area contributed by atoms with Gasteiger partial charge in [0, 0.05) is 30.2 Å². The quantitative estimate of drug-likeness (QED) is 0.658. The highest BCUT2D eigenvalue weighted by molar-refractivity contribution is 6.30. The van der Waals surface area contributed by atoms with Crippen molar-refractivity contribution in [1.29, 1.82) is 0 Å². The smallest absolute Gasteiger partial charge is 0.223 e. The number of benzene rings is 2. The minimum atomic E-state index is -0.115. The zero-order chi connectivity index (χ0) is 20.5. The molecule has 0 spiro atoms. The van der Waals surface area contributed by atoms with Gasteiger partial charge in [-0.25, -0.2) is 0 Å². The number of hydrogen-bond donors (Lipinski definition) is 1. The van der Waals surface area contributed by atoms with E-state index in [1.54, 1.807) is 24.3 Å². The average Bonchev–Trinajstić information content (AvgIpc) is 2.75. The van der Waals surface area contributed by atoms with Crippen LogP contribution >= 0.6 is 11.6 Å². The van der Waals surface area contributed by atoms with E-state index in [2.05, 4.69) is 17.4 Å². The van der Waals surface area contributed by atoms with Crippen LogP contribution in [0.15, 0.2) is 48.5 Å². The van der Waals surface area contributed by atoms with E-state index in [9.17, 15) is 4.79 Å². The Hall–Kier alpha value is -2.24. The summed E-state index contributed by atoms with van der Waals surface area (Å²) in [7, 11) is 0. The fraction of sp³-hybridized carbons (Fsp3) is 0.435. The van der Waals surface area contributed by atoms with Gasteiger partial charge in [0.15, 0.2) is 0 Å². The van der Waals surface area contributed by atoms with Gasteiger partial charge in [-0.1, -0.05) is 23.7 Å². The van der Waals surface area contributed by atoms with Crippen LogP contribution in [0, 0.1) is 0 Å². The zero-order valence-corrected chi connectivity index (χ0v) is 17.5. The first-order valence-corrected chi connectivity index (χ1v) is 10.5. The molecule has 156 valence electrons. The summed E-state index contributed by atoms with van der Waals surface area (Å²) in [6, 6.07) is 15.3. The van der Waals surface area contributed by atoms with E-state index in [-0.39, 0.29) is 11.3 Å². The highest BCUT2D eigenvalue weighted by atomic mass is 35.5. The molecule has 1 amide bonds. The maximum atomic E-state index is 12.4. The number of ether oxygens (including phenoxy) is 3. The lowest BCUT2D eigenvalue weighted by Gasteiger charge is -2.38. The molecule has 1 N–H and O–H groups in total.